The molecule has 2 amide bonds. The molecule has 1 aliphatic rings. The highest BCUT2D eigenvalue weighted by Crippen LogP contribution is 2.25. The van der Waals surface area contributed by atoms with Crippen LogP contribution in [0.25, 0.3) is 0 Å². The predicted octanol–water partition coefficient (Wildman–Crippen LogP) is 4.52. The Labute approximate surface area is 208 Å². The van der Waals surface area contributed by atoms with Gasteiger partial charge in [0, 0.05) is 31.0 Å². The van der Waals surface area contributed by atoms with Crippen LogP contribution in [-0.4, -0.2) is 50.8 Å². The zero-order chi connectivity index (χ0) is 24.8. The maximum atomic E-state index is 12.7. The number of aryl methyl sites for hydroxylation is 2. The van der Waals surface area contributed by atoms with Crippen LogP contribution in [0.2, 0.25) is 0 Å². The van der Waals surface area contributed by atoms with E-state index in [1.807, 2.05) is 32.0 Å². The van der Waals surface area contributed by atoms with Crippen LogP contribution in [0.1, 0.15) is 40.1 Å². The van der Waals surface area contributed by atoms with E-state index in [2.05, 4.69) is 37.5 Å². The summed E-state index contributed by atoms with van der Waals surface area (Å²) in [7, 11) is 0. The monoisotopic (exact) mass is 491 g/mol. The van der Waals surface area contributed by atoms with Gasteiger partial charge in [-0.15, -0.1) is 0 Å². The van der Waals surface area contributed by atoms with Crippen LogP contribution < -0.4 is 16.0 Å². The number of hydrogen-bond donors (Lipinski definition) is 3. The Kier molecular flexibility index (Phi) is 7.71. The van der Waals surface area contributed by atoms with Gasteiger partial charge in [0.15, 0.2) is 5.13 Å². The average molecular weight is 492 g/mol. The first kappa shape index (κ1) is 24.3. The Hall–Kier alpha value is -3.79. The summed E-state index contributed by atoms with van der Waals surface area (Å²) in [6, 6.07) is 7.69. The molecule has 0 saturated carbocycles. The second kappa shape index (κ2) is 11.1. The molecule has 4 rings (SSSR count). The minimum Gasteiger partial charge on any atom is -0.350 e. The highest BCUT2D eigenvalue weighted by Gasteiger charge is 2.21. The third kappa shape index (κ3) is 6.21. The molecule has 10 heteroatoms. The smallest absolute Gasteiger partial charge is 0.267 e. The molecule has 1 atom stereocenters. The topological polar surface area (TPSA) is 112 Å². The number of carbonyl (C=O) groups excluding carboxylic acids is 2. The Morgan fingerprint density at radius 1 is 1.17 bits per heavy atom. The van der Waals surface area contributed by atoms with Crippen molar-refractivity contribution in [2.24, 2.45) is 0 Å². The molecular weight excluding hydrogens is 462 g/mol. The molecule has 0 aliphatic carbocycles. The Bertz CT molecular complexity index is 1210. The molecule has 3 N–H and O–H groups in total. The van der Waals surface area contributed by atoms with Gasteiger partial charge >= 0.3 is 0 Å². The number of rotatable bonds is 7. The molecule has 182 valence electrons. The zero-order valence-corrected chi connectivity index (χ0v) is 20.7. The van der Waals surface area contributed by atoms with Gasteiger partial charge in [0.05, 0.1) is 6.20 Å². The fourth-order valence-electron chi connectivity index (χ4n) is 4.00. The maximum Gasteiger partial charge on any atom is 0.267 e. The van der Waals surface area contributed by atoms with Crippen molar-refractivity contribution in [2.75, 3.05) is 29.0 Å². The minimum atomic E-state index is -0.204. The van der Waals surface area contributed by atoms with Gasteiger partial charge in [0.1, 0.15) is 10.7 Å². The fourth-order valence-corrected chi connectivity index (χ4v) is 4.72. The van der Waals surface area contributed by atoms with E-state index in [-0.39, 0.29) is 17.9 Å². The molecule has 35 heavy (non-hydrogen) atoms. The predicted molar refractivity (Wildman–Crippen MR) is 139 cm³/mol. The van der Waals surface area contributed by atoms with E-state index < -0.39 is 0 Å². The Morgan fingerprint density at radius 2 is 1.97 bits per heavy atom. The van der Waals surface area contributed by atoms with Crippen LogP contribution in [0.5, 0.6) is 0 Å². The van der Waals surface area contributed by atoms with Gasteiger partial charge in [-0.3, -0.25) is 9.59 Å². The average Bonchev–Trinajstić information content (AvgIpc) is 3.19. The highest BCUT2D eigenvalue weighted by molar-refractivity contribution is 7.17. The van der Waals surface area contributed by atoms with Gasteiger partial charge < -0.3 is 20.9 Å². The number of anilines is 4. The maximum absolute atomic E-state index is 12.7. The van der Waals surface area contributed by atoms with Gasteiger partial charge in [-0.2, -0.15) is 4.98 Å². The summed E-state index contributed by atoms with van der Waals surface area (Å²) in [5.74, 6) is 0.768. The molecule has 3 aromatic rings. The number of nitrogens with one attached hydrogen (secondary N) is 3. The minimum absolute atomic E-state index is 0.0525. The SMILES string of the molecule is C=CC(=O)N1CCCCC(Nc2nccc(Nc3ncc(C(=O)Nc4c(C)cccc4C)s3)n2)C1. The summed E-state index contributed by atoms with van der Waals surface area (Å²) in [5.41, 5.74) is 2.83. The molecule has 3 heterocycles. The van der Waals surface area contributed by atoms with E-state index >= 15 is 0 Å². The van der Waals surface area contributed by atoms with Crippen LogP contribution >= 0.6 is 11.3 Å². The fraction of sp³-hybridized carbons (Fsp3) is 0.320. The molecule has 0 radical (unpaired) electrons. The van der Waals surface area contributed by atoms with Crippen molar-refractivity contribution in [3.63, 3.8) is 0 Å². The standard InChI is InChI=1S/C25H29N7O2S/c1-4-21(33)32-13-6-5-10-18(15-32)28-24-26-12-11-20(29-24)30-25-27-14-19(35-25)23(34)31-22-16(2)8-7-9-17(22)3/h4,7-9,11-12,14,18H,1,5-6,10,13,15H2,2-3H3,(H,31,34)(H2,26,27,28,29,30). The number of amides is 2. The molecule has 1 aromatic carbocycles. The van der Waals surface area contributed by atoms with Crippen molar-refractivity contribution in [3.05, 3.63) is 65.3 Å². The second-order valence-electron chi connectivity index (χ2n) is 8.47. The van der Waals surface area contributed by atoms with Crippen molar-refractivity contribution < 1.29 is 9.59 Å². The summed E-state index contributed by atoms with van der Waals surface area (Å²) < 4.78 is 0. The first-order chi connectivity index (χ1) is 16.9. The highest BCUT2D eigenvalue weighted by atomic mass is 32.1. The van der Waals surface area contributed by atoms with Crippen molar-refractivity contribution in [1.29, 1.82) is 0 Å². The summed E-state index contributed by atoms with van der Waals surface area (Å²) in [5, 5.41) is 10.0. The normalized spacial score (nSPS) is 15.7. The van der Waals surface area contributed by atoms with Crippen molar-refractivity contribution in [2.45, 2.75) is 39.2 Å². The number of aromatic nitrogens is 3. The van der Waals surface area contributed by atoms with Crippen molar-refractivity contribution in [1.82, 2.24) is 19.9 Å². The van der Waals surface area contributed by atoms with Crippen LogP contribution in [0.3, 0.4) is 0 Å². The van der Waals surface area contributed by atoms with Gasteiger partial charge in [0.25, 0.3) is 5.91 Å². The lowest BCUT2D eigenvalue weighted by Crippen LogP contribution is -2.38. The Balaban J connectivity index is 1.40. The van der Waals surface area contributed by atoms with Gasteiger partial charge in [-0.25, -0.2) is 9.97 Å². The number of para-hydroxylation sites is 1. The molecule has 0 bridgehead atoms. The molecule has 1 aliphatic heterocycles. The van der Waals surface area contributed by atoms with Crippen LogP contribution in [0, 0.1) is 13.8 Å². The first-order valence-corrected chi connectivity index (χ1v) is 12.4. The molecule has 1 saturated heterocycles. The van der Waals surface area contributed by atoms with Gasteiger partial charge in [0.2, 0.25) is 11.9 Å². The summed E-state index contributed by atoms with van der Waals surface area (Å²) >= 11 is 1.25. The lowest BCUT2D eigenvalue weighted by molar-refractivity contribution is -0.126. The van der Waals surface area contributed by atoms with E-state index in [0.717, 1.165) is 42.6 Å². The molecule has 2 aromatic heterocycles. The summed E-state index contributed by atoms with van der Waals surface area (Å²) in [6.07, 6.45) is 7.46. The van der Waals surface area contributed by atoms with E-state index in [4.69, 9.17) is 0 Å². The number of carbonyl (C=O) groups is 2. The lowest BCUT2D eigenvalue weighted by atomic mass is 10.1. The zero-order valence-electron chi connectivity index (χ0n) is 19.9. The van der Waals surface area contributed by atoms with E-state index in [0.29, 0.717) is 28.3 Å². The third-order valence-corrected chi connectivity index (χ3v) is 6.74. The van der Waals surface area contributed by atoms with Gasteiger partial charge in [-0.1, -0.05) is 36.1 Å². The number of likely N-dealkylation sites (tertiary alicyclic amines) is 1. The summed E-state index contributed by atoms with van der Waals surface area (Å²) in [4.78, 5) is 40.3. The molecule has 0 spiro atoms. The first-order valence-electron chi connectivity index (χ1n) is 11.5. The van der Waals surface area contributed by atoms with Crippen molar-refractivity contribution in [3.8, 4) is 0 Å². The van der Waals surface area contributed by atoms with E-state index in [1.165, 1.54) is 17.4 Å². The third-order valence-electron chi connectivity index (χ3n) is 5.83. The van der Waals surface area contributed by atoms with E-state index in [9.17, 15) is 9.59 Å². The molecule has 1 unspecified atom stereocenters. The van der Waals surface area contributed by atoms with Gasteiger partial charge in [-0.05, 0) is 56.4 Å². The van der Waals surface area contributed by atoms with Crippen LogP contribution in [0.15, 0.2) is 49.3 Å². The number of benzene rings is 1. The quantitative estimate of drug-likeness (QED) is 0.417. The van der Waals surface area contributed by atoms with Crippen molar-refractivity contribution >= 4 is 45.7 Å². The second-order valence-corrected chi connectivity index (χ2v) is 9.50. The molecule has 9 nitrogen and oxygen atoms in total. The van der Waals surface area contributed by atoms with Crippen LogP contribution in [0.4, 0.5) is 22.6 Å². The largest absolute Gasteiger partial charge is 0.350 e. The molecule has 1 fully saturated rings. The number of hydrogen-bond acceptors (Lipinski definition) is 8. The number of nitrogens with zero attached hydrogens (tertiary/aromatic N) is 4. The summed E-state index contributed by atoms with van der Waals surface area (Å²) in [6.45, 7) is 8.84. The Morgan fingerprint density at radius 3 is 2.74 bits per heavy atom. The van der Waals surface area contributed by atoms with Crippen LogP contribution in [-0.2, 0) is 4.79 Å². The number of thiazole rings is 1. The lowest BCUT2D eigenvalue weighted by Gasteiger charge is -2.24. The van der Waals surface area contributed by atoms with E-state index in [1.54, 1.807) is 23.4 Å². The molecular formula is C25H29N7O2S.